The molecule has 0 saturated carbocycles. The Balaban J connectivity index is 3.94. The Labute approximate surface area is 182 Å². The molecule has 5 heteroatoms. The molecule has 166 valence electrons. The number of nitrogens with one attached hydrogen (secondary N) is 1. The number of hydrogen-bond donors (Lipinski definition) is 1. The normalized spacial score (nSPS) is 12.8. The van der Waals surface area contributed by atoms with Crippen molar-refractivity contribution < 1.29 is 9.53 Å². The SMILES string of the molecule is CC[Si](CC)(CC)c1cc(C(=O)NC(C)(C)C)cc([Si](CC)(CC)CC)c1OC. The minimum absolute atomic E-state index is 0.0417. The summed E-state index contributed by atoms with van der Waals surface area (Å²) in [7, 11) is -1.62. The molecule has 0 bridgehead atoms. The maximum Gasteiger partial charge on any atom is 0.251 e. The topological polar surface area (TPSA) is 38.3 Å². The molecule has 3 nitrogen and oxygen atoms in total. The molecular formula is C24H45NO2Si2. The molecule has 1 rings (SSSR count). The number of methoxy groups -OCH3 is 1. The Morgan fingerprint density at radius 3 is 1.41 bits per heavy atom. The van der Waals surface area contributed by atoms with Crippen molar-refractivity contribution in [1.82, 2.24) is 5.32 Å². The minimum atomic E-state index is -1.73. The summed E-state index contributed by atoms with van der Waals surface area (Å²) in [5, 5.41) is 5.93. The van der Waals surface area contributed by atoms with E-state index < -0.39 is 16.1 Å². The molecule has 0 aliphatic carbocycles. The molecule has 1 N–H and O–H groups in total. The van der Waals surface area contributed by atoms with Crippen LogP contribution < -0.4 is 20.4 Å². The number of ether oxygens (including phenoxy) is 1. The highest BCUT2D eigenvalue weighted by Crippen LogP contribution is 2.30. The summed E-state index contributed by atoms with van der Waals surface area (Å²) in [6.07, 6.45) is 0. The van der Waals surface area contributed by atoms with Gasteiger partial charge >= 0.3 is 0 Å². The summed E-state index contributed by atoms with van der Waals surface area (Å²) < 4.78 is 6.17. The summed E-state index contributed by atoms with van der Waals surface area (Å²) in [5.74, 6) is 1.16. The third-order valence-corrected chi connectivity index (χ3v) is 18.4. The van der Waals surface area contributed by atoms with Gasteiger partial charge in [-0.2, -0.15) is 0 Å². The third-order valence-electron chi connectivity index (χ3n) is 7.25. The molecule has 0 heterocycles. The molecule has 0 spiro atoms. The van der Waals surface area contributed by atoms with Gasteiger partial charge in [-0.15, -0.1) is 0 Å². The molecule has 0 saturated heterocycles. The second kappa shape index (κ2) is 10.3. The minimum Gasteiger partial charge on any atom is -0.497 e. The Morgan fingerprint density at radius 2 is 1.17 bits per heavy atom. The summed E-state index contributed by atoms with van der Waals surface area (Å²) in [6, 6.07) is 11.5. The van der Waals surface area contributed by atoms with Gasteiger partial charge in [0.2, 0.25) is 0 Å². The standard InChI is InChI=1S/C24H45NO2Si2/c1-11-28(12-2,13-3)20-17-19(23(26)25-24(7,8)9)18-21(22(20)27-10)29(14-4,15-5)16-6/h17-18H,11-16H2,1-10H3,(H,25,26). The highest BCUT2D eigenvalue weighted by Gasteiger charge is 2.39. The first kappa shape index (κ1) is 26.0. The third kappa shape index (κ3) is 5.35. The lowest BCUT2D eigenvalue weighted by atomic mass is 10.1. The van der Waals surface area contributed by atoms with E-state index in [2.05, 4.69) is 59.0 Å². The lowest BCUT2D eigenvalue weighted by Gasteiger charge is -2.36. The smallest absolute Gasteiger partial charge is 0.251 e. The number of carbonyl (C=O) groups excluding carboxylic acids is 1. The van der Waals surface area contributed by atoms with Crippen molar-refractivity contribution in [3.8, 4) is 5.75 Å². The Kier molecular flexibility index (Phi) is 9.22. The van der Waals surface area contributed by atoms with Gasteiger partial charge in [-0.25, -0.2) is 0 Å². The van der Waals surface area contributed by atoms with E-state index in [1.165, 1.54) is 46.6 Å². The lowest BCUT2D eigenvalue weighted by molar-refractivity contribution is 0.0919. The van der Waals surface area contributed by atoms with Crippen LogP contribution in [0.25, 0.3) is 0 Å². The van der Waals surface area contributed by atoms with Crippen LogP contribution in [0.1, 0.15) is 72.7 Å². The number of rotatable bonds is 10. The van der Waals surface area contributed by atoms with Crippen molar-refractivity contribution in [2.75, 3.05) is 7.11 Å². The number of benzene rings is 1. The van der Waals surface area contributed by atoms with Crippen LogP contribution in [-0.4, -0.2) is 34.7 Å². The molecule has 0 radical (unpaired) electrons. The van der Waals surface area contributed by atoms with Crippen LogP contribution in [0.3, 0.4) is 0 Å². The largest absolute Gasteiger partial charge is 0.497 e. The fourth-order valence-corrected chi connectivity index (χ4v) is 12.6. The zero-order valence-corrected chi connectivity index (χ0v) is 22.7. The summed E-state index contributed by atoms with van der Waals surface area (Å²) in [4.78, 5) is 13.2. The molecule has 29 heavy (non-hydrogen) atoms. The van der Waals surface area contributed by atoms with Gasteiger partial charge in [0, 0.05) is 11.1 Å². The molecule has 0 atom stereocenters. The van der Waals surface area contributed by atoms with E-state index in [-0.39, 0.29) is 11.4 Å². The Hall–Kier alpha value is -1.08. The zero-order valence-electron chi connectivity index (χ0n) is 20.7. The van der Waals surface area contributed by atoms with E-state index >= 15 is 0 Å². The molecule has 0 aliphatic rings. The average molecular weight is 436 g/mol. The number of amides is 1. The number of carbonyl (C=O) groups is 1. The zero-order chi connectivity index (χ0) is 22.5. The lowest BCUT2D eigenvalue weighted by Crippen LogP contribution is -2.54. The van der Waals surface area contributed by atoms with Crippen molar-refractivity contribution in [2.45, 2.75) is 104 Å². The predicted molar refractivity (Wildman–Crippen MR) is 134 cm³/mol. The molecule has 0 fully saturated rings. The first-order chi connectivity index (χ1) is 13.5. The fourth-order valence-electron chi connectivity index (χ4n) is 4.82. The maximum atomic E-state index is 13.2. The van der Waals surface area contributed by atoms with E-state index in [0.29, 0.717) is 0 Å². The van der Waals surface area contributed by atoms with E-state index in [1.54, 1.807) is 0 Å². The van der Waals surface area contributed by atoms with Crippen LogP contribution in [0.2, 0.25) is 36.3 Å². The van der Waals surface area contributed by atoms with Crippen LogP contribution >= 0.6 is 0 Å². The van der Waals surface area contributed by atoms with Crippen molar-refractivity contribution in [3.05, 3.63) is 17.7 Å². The summed E-state index contributed by atoms with van der Waals surface area (Å²) >= 11 is 0. The quantitative estimate of drug-likeness (QED) is 0.482. The molecular weight excluding hydrogens is 390 g/mol. The van der Waals surface area contributed by atoms with E-state index in [1.807, 2.05) is 27.9 Å². The van der Waals surface area contributed by atoms with Gasteiger partial charge in [-0.1, -0.05) is 77.8 Å². The van der Waals surface area contributed by atoms with Gasteiger partial charge in [0.25, 0.3) is 5.91 Å². The van der Waals surface area contributed by atoms with Gasteiger partial charge in [0.15, 0.2) is 0 Å². The van der Waals surface area contributed by atoms with Crippen LogP contribution in [0.4, 0.5) is 0 Å². The van der Waals surface area contributed by atoms with Crippen LogP contribution in [0.15, 0.2) is 12.1 Å². The monoisotopic (exact) mass is 435 g/mol. The summed E-state index contributed by atoms with van der Waals surface area (Å²) in [6.45, 7) is 20.1. The van der Waals surface area contributed by atoms with E-state index in [4.69, 9.17) is 4.74 Å². The average Bonchev–Trinajstić information content (AvgIpc) is 2.70. The molecule has 0 aliphatic heterocycles. The first-order valence-corrected chi connectivity index (χ1v) is 16.8. The molecule has 1 amide bonds. The summed E-state index contributed by atoms with van der Waals surface area (Å²) in [5.41, 5.74) is 0.575. The fraction of sp³-hybridized carbons (Fsp3) is 0.708. The van der Waals surface area contributed by atoms with E-state index in [0.717, 1.165) is 11.3 Å². The first-order valence-electron chi connectivity index (χ1n) is 11.6. The second-order valence-corrected chi connectivity index (χ2v) is 19.9. The van der Waals surface area contributed by atoms with Gasteiger partial charge in [0.1, 0.15) is 5.75 Å². The second-order valence-electron chi connectivity index (χ2n) is 9.49. The Morgan fingerprint density at radius 1 is 0.828 bits per heavy atom. The van der Waals surface area contributed by atoms with Crippen LogP contribution in [0.5, 0.6) is 5.75 Å². The van der Waals surface area contributed by atoms with Gasteiger partial charge in [0.05, 0.1) is 23.3 Å². The maximum absolute atomic E-state index is 13.2. The van der Waals surface area contributed by atoms with Crippen molar-refractivity contribution in [1.29, 1.82) is 0 Å². The predicted octanol–water partition coefficient (Wildman–Crippen LogP) is 5.65. The van der Waals surface area contributed by atoms with Crippen molar-refractivity contribution in [3.63, 3.8) is 0 Å². The van der Waals surface area contributed by atoms with Gasteiger partial charge in [-0.05, 0) is 43.3 Å². The molecule has 0 unspecified atom stereocenters. The molecule has 1 aromatic rings. The Bertz CT molecular complexity index is 629. The van der Waals surface area contributed by atoms with Gasteiger partial charge in [-0.3, -0.25) is 4.79 Å². The van der Waals surface area contributed by atoms with Crippen LogP contribution in [0, 0.1) is 0 Å². The number of hydrogen-bond acceptors (Lipinski definition) is 2. The van der Waals surface area contributed by atoms with Crippen LogP contribution in [-0.2, 0) is 0 Å². The molecule has 0 aromatic heterocycles. The van der Waals surface area contributed by atoms with E-state index in [9.17, 15) is 4.79 Å². The highest BCUT2D eigenvalue weighted by atomic mass is 28.3. The van der Waals surface area contributed by atoms with Crippen molar-refractivity contribution >= 4 is 32.4 Å². The molecule has 1 aromatic carbocycles. The van der Waals surface area contributed by atoms with Crippen molar-refractivity contribution in [2.24, 2.45) is 0 Å². The van der Waals surface area contributed by atoms with Gasteiger partial charge < -0.3 is 10.1 Å². The highest BCUT2D eigenvalue weighted by molar-refractivity contribution is 6.95.